The largest absolute Gasteiger partial charge is 0.493 e. The number of aliphatic hydroxyl groups is 1. The summed E-state index contributed by atoms with van der Waals surface area (Å²) in [6.07, 6.45) is 0. The molecule has 4 N–H and O–H groups in total. The lowest BCUT2D eigenvalue weighted by Crippen LogP contribution is -2.43. The van der Waals surface area contributed by atoms with Gasteiger partial charge in [0, 0.05) is 25.2 Å². The summed E-state index contributed by atoms with van der Waals surface area (Å²) in [6, 6.07) is 3.46. The number of nitrogens with zero attached hydrogens (tertiary/aromatic N) is 1. The number of hydrogen-bond acceptors (Lipinski definition) is 6. The second kappa shape index (κ2) is 6.67. The second-order valence-electron chi connectivity index (χ2n) is 5.38. The van der Waals surface area contributed by atoms with Gasteiger partial charge in [-0.2, -0.15) is 0 Å². The molecule has 1 unspecified atom stereocenters. The van der Waals surface area contributed by atoms with Crippen LogP contribution in [0, 0.1) is 0 Å². The molecular weight excluding hydrogens is 258 g/mol. The normalized spacial score (nSPS) is 13.9. The third kappa shape index (κ3) is 4.47. The van der Waals surface area contributed by atoms with Crippen molar-refractivity contribution in [3.05, 3.63) is 12.1 Å². The molecule has 0 saturated carbocycles. The Morgan fingerprint density at radius 1 is 1.25 bits per heavy atom. The van der Waals surface area contributed by atoms with Gasteiger partial charge in [-0.15, -0.1) is 0 Å². The van der Waals surface area contributed by atoms with Gasteiger partial charge in [-0.05, 0) is 21.0 Å². The summed E-state index contributed by atoms with van der Waals surface area (Å²) in [5.74, 6) is 1.17. The Kier molecular flexibility index (Phi) is 5.47. The van der Waals surface area contributed by atoms with E-state index in [1.165, 1.54) is 0 Å². The molecule has 0 bridgehead atoms. The van der Waals surface area contributed by atoms with Gasteiger partial charge in [0.05, 0.1) is 31.2 Å². The molecule has 20 heavy (non-hydrogen) atoms. The fourth-order valence-corrected chi connectivity index (χ4v) is 2.07. The van der Waals surface area contributed by atoms with E-state index in [0.717, 1.165) is 0 Å². The number of rotatable bonds is 7. The number of methoxy groups -OCH3 is 2. The van der Waals surface area contributed by atoms with Gasteiger partial charge in [0.15, 0.2) is 11.5 Å². The van der Waals surface area contributed by atoms with Crippen molar-refractivity contribution in [1.29, 1.82) is 0 Å². The molecule has 0 aromatic heterocycles. The molecule has 0 amide bonds. The topological polar surface area (TPSA) is 80.0 Å². The highest BCUT2D eigenvalue weighted by Gasteiger charge is 2.21. The summed E-state index contributed by atoms with van der Waals surface area (Å²) in [6.45, 7) is 2.70. The van der Waals surface area contributed by atoms with Crippen LogP contribution >= 0.6 is 0 Å². The van der Waals surface area contributed by atoms with Crippen molar-refractivity contribution in [2.75, 3.05) is 52.5 Å². The van der Waals surface area contributed by atoms with Gasteiger partial charge in [-0.25, -0.2) is 0 Å². The molecule has 6 nitrogen and oxygen atoms in total. The van der Waals surface area contributed by atoms with Crippen LogP contribution in [0.15, 0.2) is 12.1 Å². The number of likely N-dealkylation sites (N-methyl/N-ethyl adjacent to an activating group) is 1. The summed E-state index contributed by atoms with van der Waals surface area (Å²) < 4.78 is 10.4. The zero-order valence-electron chi connectivity index (χ0n) is 12.9. The highest BCUT2D eigenvalue weighted by atomic mass is 16.5. The molecule has 0 heterocycles. The summed E-state index contributed by atoms with van der Waals surface area (Å²) in [5.41, 5.74) is 6.36. The minimum atomic E-state index is -0.858. The van der Waals surface area contributed by atoms with Gasteiger partial charge in [-0.3, -0.25) is 0 Å². The molecule has 0 spiro atoms. The van der Waals surface area contributed by atoms with Crippen LogP contribution in [0.2, 0.25) is 0 Å². The average Bonchev–Trinajstić information content (AvgIpc) is 2.35. The zero-order valence-corrected chi connectivity index (χ0v) is 12.9. The van der Waals surface area contributed by atoms with E-state index in [2.05, 4.69) is 5.32 Å². The van der Waals surface area contributed by atoms with Crippen LogP contribution in [0.4, 0.5) is 11.4 Å². The van der Waals surface area contributed by atoms with Gasteiger partial charge in [-0.1, -0.05) is 0 Å². The maximum absolute atomic E-state index is 10.3. The van der Waals surface area contributed by atoms with Gasteiger partial charge < -0.3 is 30.5 Å². The maximum atomic E-state index is 10.3. The molecule has 1 rings (SSSR count). The van der Waals surface area contributed by atoms with Crippen molar-refractivity contribution in [2.24, 2.45) is 0 Å². The van der Waals surface area contributed by atoms with Crippen LogP contribution in [0.3, 0.4) is 0 Å². The Balaban J connectivity index is 2.82. The first-order chi connectivity index (χ1) is 9.29. The molecule has 1 aromatic rings. The number of hydrogen-bond donors (Lipinski definition) is 3. The van der Waals surface area contributed by atoms with Crippen LogP contribution in [-0.4, -0.2) is 57.0 Å². The van der Waals surface area contributed by atoms with Crippen molar-refractivity contribution in [1.82, 2.24) is 4.90 Å². The number of nitrogens with two attached hydrogens (primary N) is 1. The van der Waals surface area contributed by atoms with Crippen LogP contribution in [-0.2, 0) is 0 Å². The fourth-order valence-electron chi connectivity index (χ4n) is 2.07. The highest BCUT2D eigenvalue weighted by Crippen LogP contribution is 2.34. The lowest BCUT2D eigenvalue weighted by atomic mass is 10.1. The van der Waals surface area contributed by atoms with Gasteiger partial charge in [0.2, 0.25) is 0 Å². The van der Waals surface area contributed by atoms with E-state index in [4.69, 9.17) is 15.2 Å². The Morgan fingerprint density at radius 2 is 1.80 bits per heavy atom. The first kappa shape index (κ1) is 16.4. The number of ether oxygens (including phenoxy) is 2. The number of benzene rings is 1. The lowest BCUT2D eigenvalue weighted by Gasteiger charge is -2.28. The molecule has 1 atom stereocenters. The first-order valence-corrected chi connectivity index (χ1v) is 6.41. The van der Waals surface area contributed by atoms with Crippen LogP contribution in [0.5, 0.6) is 11.5 Å². The van der Waals surface area contributed by atoms with E-state index in [1.54, 1.807) is 33.3 Å². The third-order valence-electron chi connectivity index (χ3n) is 2.87. The second-order valence-corrected chi connectivity index (χ2v) is 5.38. The van der Waals surface area contributed by atoms with E-state index >= 15 is 0 Å². The molecule has 0 aliphatic heterocycles. The quantitative estimate of drug-likeness (QED) is 0.648. The zero-order chi connectivity index (χ0) is 15.3. The predicted molar refractivity (Wildman–Crippen MR) is 81.6 cm³/mol. The van der Waals surface area contributed by atoms with Crippen molar-refractivity contribution >= 4 is 11.4 Å². The van der Waals surface area contributed by atoms with Gasteiger partial charge in [0.1, 0.15) is 0 Å². The van der Waals surface area contributed by atoms with Gasteiger partial charge >= 0.3 is 0 Å². The van der Waals surface area contributed by atoms with Crippen molar-refractivity contribution < 1.29 is 14.6 Å². The molecule has 1 aromatic carbocycles. The van der Waals surface area contributed by atoms with Crippen molar-refractivity contribution in [2.45, 2.75) is 12.5 Å². The smallest absolute Gasteiger partial charge is 0.162 e. The molecule has 0 saturated heterocycles. The third-order valence-corrected chi connectivity index (χ3v) is 2.87. The van der Waals surface area contributed by atoms with E-state index in [1.807, 2.05) is 19.0 Å². The minimum Gasteiger partial charge on any atom is -0.493 e. The van der Waals surface area contributed by atoms with E-state index in [-0.39, 0.29) is 0 Å². The fraction of sp³-hybridized carbons (Fsp3) is 0.571. The number of nitrogens with one attached hydrogen (secondary N) is 1. The Hall–Kier alpha value is -1.66. The Morgan fingerprint density at radius 3 is 2.30 bits per heavy atom. The molecule has 0 aliphatic rings. The van der Waals surface area contributed by atoms with Crippen molar-refractivity contribution in [3.8, 4) is 11.5 Å². The highest BCUT2D eigenvalue weighted by molar-refractivity contribution is 5.72. The van der Waals surface area contributed by atoms with E-state index < -0.39 is 5.60 Å². The van der Waals surface area contributed by atoms with Crippen molar-refractivity contribution in [3.63, 3.8) is 0 Å². The summed E-state index contributed by atoms with van der Waals surface area (Å²) in [4.78, 5) is 1.93. The van der Waals surface area contributed by atoms with E-state index in [9.17, 15) is 5.11 Å². The number of nitrogen functional groups attached to an aromatic ring is 1. The molecular formula is C14H25N3O3. The SMILES string of the molecule is COc1cc(N)c(NCC(C)(O)CN(C)C)cc1OC. The molecule has 0 radical (unpaired) electrons. The Bertz CT molecular complexity index is 448. The summed E-state index contributed by atoms with van der Waals surface area (Å²) in [5, 5.41) is 13.4. The van der Waals surface area contributed by atoms with Crippen LogP contribution in [0.1, 0.15) is 6.92 Å². The maximum Gasteiger partial charge on any atom is 0.162 e. The van der Waals surface area contributed by atoms with Crippen LogP contribution < -0.4 is 20.5 Å². The number of anilines is 2. The monoisotopic (exact) mass is 283 g/mol. The molecule has 0 fully saturated rings. The first-order valence-electron chi connectivity index (χ1n) is 6.41. The standard InChI is InChI=1S/C14H25N3O3/c1-14(18,9-17(2)3)8-16-11-7-13(20-5)12(19-4)6-10(11)15/h6-7,16,18H,8-9,15H2,1-5H3. The Labute approximate surface area is 120 Å². The van der Waals surface area contributed by atoms with E-state index in [0.29, 0.717) is 36.0 Å². The minimum absolute atomic E-state index is 0.380. The predicted octanol–water partition coefficient (Wildman–Crippen LogP) is 1.01. The average molecular weight is 283 g/mol. The molecule has 6 heteroatoms. The summed E-state index contributed by atoms with van der Waals surface area (Å²) in [7, 11) is 6.96. The lowest BCUT2D eigenvalue weighted by molar-refractivity contribution is 0.0460. The van der Waals surface area contributed by atoms with Crippen LogP contribution in [0.25, 0.3) is 0 Å². The summed E-state index contributed by atoms with van der Waals surface area (Å²) >= 11 is 0. The molecule has 0 aliphatic carbocycles. The molecule has 114 valence electrons. The van der Waals surface area contributed by atoms with Gasteiger partial charge in [0.25, 0.3) is 0 Å².